The van der Waals surface area contributed by atoms with Gasteiger partial charge in [-0.15, -0.1) is 0 Å². The molecule has 268 valence electrons. The van der Waals surface area contributed by atoms with Crippen LogP contribution in [0.4, 0.5) is 0 Å². The molecule has 0 bridgehead atoms. The minimum Gasteiger partial charge on any atom is -0.0645 e. The van der Waals surface area contributed by atoms with E-state index in [1.54, 1.807) is 33.4 Å². The van der Waals surface area contributed by atoms with Crippen molar-refractivity contribution in [3.63, 3.8) is 0 Å². The van der Waals surface area contributed by atoms with Gasteiger partial charge in [-0.1, -0.05) is 185 Å². The van der Waals surface area contributed by atoms with Gasteiger partial charge in [0.05, 0.1) is 0 Å². The van der Waals surface area contributed by atoms with E-state index in [-0.39, 0.29) is 49.2 Å². The van der Waals surface area contributed by atoms with Crippen molar-refractivity contribution in [2.45, 2.75) is 229 Å². The molecule has 0 N–H and O–H groups in total. The standard InChI is InChI=1S/C47H80/c1-26-29(34-36(44(14,15)16)30(40(2,3)4)27-31(41(5,6)7)37(34)45(17,18)19)35-38(46(20,21)22)32(42(8,9)10)28-33(43(11,12)13)39(35)47(23,24)25/h27-29H,26H2,1-25H3. The molecule has 0 unspecified atom stereocenters. The summed E-state index contributed by atoms with van der Waals surface area (Å²) in [4.78, 5) is 0. The van der Waals surface area contributed by atoms with Crippen molar-refractivity contribution in [3.8, 4) is 0 Å². The van der Waals surface area contributed by atoms with E-state index in [0.29, 0.717) is 0 Å². The molecule has 0 aromatic heterocycles. The molecule has 0 radical (unpaired) electrons. The maximum atomic E-state index is 2.64. The van der Waals surface area contributed by atoms with Crippen LogP contribution in [0.3, 0.4) is 0 Å². The lowest BCUT2D eigenvalue weighted by Gasteiger charge is -2.46. The Balaban J connectivity index is 3.79. The van der Waals surface area contributed by atoms with Gasteiger partial charge >= 0.3 is 0 Å². The summed E-state index contributed by atoms with van der Waals surface area (Å²) in [6.45, 7) is 61.3. The van der Waals surface area contributed by atoms with E-state index in [1.165, 1.54) is 22.3 Å². The zero-order valence-corrected chi connectivity index (χ0v) is 36.4. The smallest absolute Gasteiger partial charge is 0.00988 e. The van der Waals surface area contributed by atoms with Gasteiger partial charge in [-0.2, -0.15) is 0 Å². The van der Waals surface area contributed by atoms with Crippen molar-refractivity contribution >= 4 is 0 Å². The Morgan fingerprint density at radius 2 is 0.489 bits per heavy atom. The first-order valence-electron chi connectivity index (χ1n) is 18.8. The monoisotopic (exact) mass is 645 g/mol. The molecule has 0 aliphatic carbocycles. The minimum absolute atomic E-state index is 0.00953. The molecule has 47 heavy (non-hydrogen) atoms. The zero-order valence-electron chi connectivity index (χ0n) is 36.4. The average molecular weight is 645 g/mol. The SMILES string of the molecule is CCC(c1c(C(C)(C)C)c(C(C)(C)C)cc(C(C)(C)C)c1C(C)(C)C)c1c(C(C)(C)C)c(C(C)(C)C)cc(C(C)(C)C)c1C(C)(C)C. The van der Waals surface area contributed by atoms with Crippen molar-refractivity contribution in [1.29, 1.82) is 0 Å². The lowest BCUT2D eigenvalue weighted by atomic mass is 9.58. The highest BCUT2D eigenvalue weighted by atomic mass is 14.5. The summed E-state index contributed by atoms with van der Waals surface area (Å²) in [5, 5.41) is 0. The van der Waals surface area contributed by atoms with E-state index in [4.69, 9.17) is 0 Å². The van der Waals surface area contributed by atoms with Crippen LogP contribution in [-0.4, -0.2) is 0 Å². The van der Waals surface area contributed by atoms with Gasteiger partial charge < -0.3 is 0 Å². The van der Waals surface area contributed by atoms with Crippen LogP contribution >= 0.6 is 0 Å². The molecule has 0 saturated carbocycles. The van der Waals surface area contributed by atoms with Crippen LogP contribution in [0.15, 0.2) is 12.1 Å². The molecule has 0 amide bonds. The Kier molecular flexibility index (Phi) is 10.9. The maximum absolute atomic E-state index is 2.64. The molecule has 0 fully saturated rings. The van der Waals surface area contributed by atoms with Crippen LogP contribution in [0.5, 0.6) is 0 Å². The summed E-state index contributed by atoms with van der Waals surface area (Å²) in [5.74, 6) is 0.258. The van der Waals surface area contributed by atoms with Gasteiger partial charge in [0.1, 0.15) is 0 Å². The summed E-state index contributed by atoms with van der Waals surface area (Å²) < 4.78 is 0. The van der Waals surface area contributed by atoms with Crippen molar-refractivity contribution < 1.29 is 0 Å². The summed E-state index contributed by atoms with van der Waals surface area (Å²) in [7, 11) is 0. The van der Waals surface area contributed by atoms with Gasteiger partial charge in [-0.25, -0.2) is 0 Å². The van der Waals surface area contributed by atoms with Gasteiger partial charge in [0, 0.05) is 5.92 Å². The second-order valence-corrected chi connectivity index (χ2v) is 23.2. The Morgan fingerprint density at radius 3 is 0.596 bits per heavy atom. The number of hydrogen-bond donors (Lipinski definition) is 0. The van der Waals surface area contributed by atoms with Gasteiger partial charge in [0.25, 0.3) is 0 Å². The van der Waals surface area contributed by atoms with Crippen LogP contribution in [0.1, 0.15) is 241 Å². The predicted molar refractivity (Wildman–Crippen MR) is 215 cm³/mol. The van der Waals surface area contributed by atoms with Gasteiger partial charge in [0.2, 0.25) is 0 Å². The predicted octanol–water partition coefficient (Wildman–Crippen LogP) is 14.6. The largest absolute Gasteiger partial charge is 0.0645 e. The van der Waals surface area contributed by atoms with E-state index in [2.05, 4.69) is 185 Å². The molecule has 2 rings (SSSR count). The van der Waals surface area contributed by atoms with E-state index in [9.17, 15) is 0 Å². The molecule has 0 heteroatoms. The molecule has 0 nitrogen and oxygen atoms in total. The number of hydrogen-bond acceptors (Lipinski definition) is 0. The highest BCUT2D eigenvalue weighted by Crippen LogP contribution is 2.55. The molecular weight excluding hydrogens is 565 g/mol. The molecule has 0 aliphatic heterocycles. The third-order valence-corrected chi connectivity index (χ3v) is 10.1. The van der Waals surface area contributed by atoms with E-state index in [1.807, 2.05) is 0 Å². The molecule has 0 spiro atoms. The fraction of sp³-hybridized carbons (Fsp3) is 0.745. The van der Waals surface area contributed by atoms with Crippen LogP contribution in [0.25, 0.3) is 0 Å². The molecule has 0 saturated heterocycles. The Bertz CT molecular complexity index is 1220. The van der Waals surface area contributed by atoms with Crippen LogP contribution < -0.4 is 0 Å². The Morgan fingerprint density at radius 1 is 0.319 bits per heavy atom. The summed E-state index contributed by atoms with van der Waals surface area (Å²) >= 11 is 0. The van der Waals surface area contributed by atoms with Crippen molar-refractivity contribution in [2.24, 2.45) is 0 Å². The normalized spacial score (nSPS) is 14.8. The summed E-state index contributed by atoms with van der Waals surface area (Å²) in [6, 6.07) is 5.28. The summed E-state index contributed by atoms with van der Waals surface area (Å²) in [6.07, 6.45) is 1.06. The van der Waals surface area contributed by atoms with E-state index < -0.39 is 0 Å². The molecule has 0 aliphatic rings. The lowest BCUT2D eigenvalue weighted by Crippen LogP contribution is -2.35. The van der Waals surface area contributed by atoms with E-state index >= 15 is 0 Å². The molecular formula is C47H80. The topological polar surface area (TPSA) is 0 Å². The minimum atomic E-state index is -0.0277. The van der Waals surface area contributed by atoms with Crippen molar-refractivity contribution in [3.05, 3.63) is 67.8 Å². The Hall–Kier alpha value is -1.56. The number of rotatable bonds is 3. The molecule has 2 aromatic rings. The third-order valence-electron chi connectivity index (χ3n) is 10.1. The highest BCUT2D eigenvalue weighted by molar-refractivity contribution is 5.64. The molecule has 2 aromatic carbocycles. The third kappa shape index (κ3) is 8.61. The quantitative estimate of drug-likeness (QED) is 0.312. The number of benzene rings is 2. The first-order valence-corrected chi connectivity index (χ1v) is 18.8. The molecule has 0 atom stereocenters. The maximum Gasteiger partial charge on any atom is 0.00988 e. The zero-order chi connectivity index (χ0) is 37.5. The second-order valence-electron chi connectivity index (χ2n) is 23.2. The van der Waals surface area contributed by atoms with Crippen molar-refractivity contribution in [2.75, 3.05) is 0 Å². The van der Waals surface area contributed by atoms with Crippen LogP contribution in [0, 0.1) is 0 Å². The second kappa shape index (κ2) is 12.3. The van der Waals surface area contributed by atoms with E-state index in [0.717, 1.165) is 6.42 Å². The molecule has 0 heterocycles. The lowest BCUT2D eigenvalue weighted by molar-refractivity contribution is 0.470. The van der Waals surface area contributed by atoms with Crippen molar-refractivity contribution in [1.82, 2.24) is 0 Å². The highest BCUT2D eigenvalue weighted by Gasteiger charge is 2.43. The summed E-state index contributed by atoms with van der Waals surface area (Å²) in [5.41, 5.74) is 15.6. The fourth-order valence-electron chi connectivity index (χ4n) is 8.26. The first-order chi connectivity index (χ1) is 20.4. The Labute approximate surface area is 295 Å². The van der Waals surface area contributed by atoms with Crippen LogP contribution in [-0.2, 0) is 43.3 Å². The fourth-order valence-corrected chi connectivity index (χ4v) is 8.26. The van der Waals surface area contributed by atoms with Gasteiger partial charge in [0.15, 0.2) is 0 Å². The average Bonchev–Trinajstić information content (AvgIpc) is 2.77. The van der Waals surface area contributed by atoms with Crippen LogP contribution in [0.2, 0.25) is 0 Å². The van der Waals surface area contributed by atoms with Gasteiger partial charge in [-0.3, -0.25) is 0 Å². The first kappa shape index (κ1) is 41.6. The van der Waals surface area contributed by atoms with Gasteiger partial charge in [-0.05, 0) is 105 Å².